The van der Waals surface area contributed by atoms with Gasteiger partial charge in [-0.25, -0.2) is 0 Å². The summed E-state index contributed by atoms with van der Waals surface area (Å²) in [4.78, 5) is 15.9. The number of benzene rings is 1. The molecule has 1 aromatic carbocycles. The molecule has 0 unspecified atom stereocenters. The first-order chi connectivity index (χ1) is 8.97. The molecule has 0 saturated heterocycles. The van der Waals surface area contributed by atoms with Crippen LogP contribution in [-0.2, 0) is 0 Å². The number of anilines is 1. The van der Waals surface area contributed by atoms with Crippen molar-refractivity contribution in [2.75, 3.05) is 5.32 Å². The number of rotatable bonds is 2. The number of hydrogen-bond donors (Lipinski definition) is 2. The van der Waals surface area contributed by atoms with Crippen molar-refractivity contribution in [2.24, 2.45) is 0 Å². The summed E-state index contributed by atoms with van der Waals surface area (Å²) in [6.45, 7) is 1.83. The van der Waals surface area contributed by atoms with Crippen LogP contribution in [0.1, 0.15) is 15.9 Å². The fraction of sp³-hybridized carbons (Fsp3) is 0.0769. The first-order valence-corrected chi connectivity index (χ1v) is 6.14. The minimum Gasteiger partial charge on any atom is -0.504 e. The average Bonchev–Trinajstić information content (AvgIpc) is 2.35. The monoisotopic (exact) mass is 296 g/mol. The number of carbonyl (C=O) groups is 1. The van der Waals surface area contributed by atoms with Gasteiger partial charge in [0.05, 0.1) is 16.3 Å². The lowest BCUT2D eigenvalue weighted by Crippen LogP contribution is -2.12. The van der Waals surface area contributed by atoms with Crippen molar-refractivity contribution >= 4 is 34.8 Å². The van der Waals surface area contributed by atoms with Crippen LogP contribution in [0.15, 0.2) is 30.6 Å². The van der Waals surface area contributed by atoms with Crippen LogP contribution in [0, 0.1) is 6.92 Å². The molecule has 2 aromatic rings. The normalized spacial score (nSPS) is 10.3. The minimum absolute atomic E-state index is 0.0742. The predicted molar refractivity (Wildman–Crippen MR) is 75.1 cm³/mol. The lowest BCUT2D eigenvalue weighted by molar-refractivity contribution is 0.102. The van der Waals surface area contributed by atoms with Gasteiger partial charge in [-0.1, -0.05) is 23.2 Å². The van der Waals surface area contributed by atoms with Crippen LogP contribution < -0.4 is 5.32 Å². The Bertz CT molecular complexity index is 645. The van der Waals surface area contributed by atoms with Crippen molar-refractivity contribution in [1.82, 2.24) is 4.98 Å². The maximum atomic E-state index is 12.0. The number of phenols is 1. The highest BCUT2D eigenvalue weighted by molar-refractivity contribution is 6.36. The molecule has 19 heavy (non-hydrogen) atoms. The number of amides is 1. The molecule has 0 fully saturated rings. The van der Waals surface area contributed by atoms with Gasteiger partial charge in [0, 0.05) is 17.4 Å². The first kappa shape index (κ1) is 13.6. The van der Waals surface area contributed by atoms with Crippen LogP contribution in [0.3, 0.4) is 0 Å². The van der Waals surface area contributed by atoms with Gasteiger partial charge >= 0.3 is 0 Å². The van der Waals surface area contributed by atoms with Gasteiger partial charge in [0.25, 0.3) is 5.91 Å². The second-order valence-electron chi connectivity index (χ2n) is 3.99. The van der Waals surface area contributed by atoms with Crippen LogP contribution in [0.5, 0.6) is 5.75 Å². The quantitative estimate of drug-likeness (QED) is 0.832. The molecular weight excluding hydrogens is 287 g/mol. The number of aromatic nitrogens is 1. The molecule has 0 radical (unpaired) electrons. The molecule has 0 saturated carbocycles. The number of hydrogen-bond acceptors (Lipinski definition) is 3. The highest BCUT2D eigenvalue weighted by atomic mass is 35.5. The van der Waals surface area contributed by atoms with Crippen molar-refractivity contribution in [3.8, 4) is 5.75 Å². The zero-order chi connectivity index (χ0) is 14.0. The van der Waals surface area contributed by atoms with Gasteiger partial charge in [-0.3, -0.25) is 9.78 Å². The Morgan fingerprint density at radius 2 is 2.00 bits per heavy atom. The standard InChI is InChI=1S/C13H10Cl2N2O2/c1-7-2-8(6-16-5-7)13(19)17-11-4-9(14)3-10(15)12(11)18/h2-6,18H,1H3,(H,17,19). The van der Waals surface area contributed by atoms with Gasteiger partial charge in [-0.2, -0.15) is 0 Å². The van der Waals surface area contributed by atoms with Gasteiger partial charge in [0.2, 0.25) is 0 Å². The van der Waals surface area contributed by atoms with Crippen LogP contribution in [-0.4, -0.2) is 16.0 Å². The number of halogens is 2. The molecule has 0 spiro atoms. The van der Waals surface area contributed by atoms with Gasteiger partial charge in [0.1, 0.15) is 0 Å². The number of carbonyl (C=O) groups excluding carboxylic acids is 1. The van der Waals surface area contributed by atoms with Crippen LogP contribution in [0.25, 0.3) is 0 Å². The molecule has 1 aromatic heterocycles. The topological polar surface area (TPSA) is 62.2 Å². The largest absolute Gasteiger partial charge is 0.504 e. The van der Waals surface area contributed by atoms with Crippen molar-refractivity contribution in [1.29, 1.82) is 0 Å². The summed E-state index contributed by atoms with van der Waals surface area (Å²) in [6, 6.07) is 4.50. The predicted octanol–water partition coefficient (Wildman–Crippen LogP) is 3.65. The number of phenolic OH excluding ortho intramolecular Hbond substituents is 1. The Morgan fingerprint density at radius 1 is 1.26 bits per heavy atom. The van der Waals surface area contributed by atoms with Crippen LogP contribution in [0.2, 0.25) is 10.0 Å². The molecule has 0 atom stereocenters. The Morgan fingerprint density at radius 3 is 2.68 bits per heavy atom. The van der Waals surface area contributed by atoms with E-state index in [0.29, 0.717) is 10.6 Å². The van der Waals surface area contributed by atoms with E-state index in [1.165, 1.54) is 18.3 Å². The summed E-state index contributed by atoms with van der Waals surface area (Å²) in [7, 11) is 0. The third-order valence-corrected chi connectivity index (χ3v) is 2.92. The van der Waals surface area contributed by atoms with E-state index in [1.807, 2.05) is 6.92 Å². The third kappa shape index (κ3) is 3.16. The Hall–Kier alpha value is -1.78. The van der Waals surface area contributed by atoms with E-state index in [-0.39, 0.29) is 16.5 Å². The van der Waals surface area contributed by atoms with Crippen molar-refractivity contribution < 1.29 is 9.90 Å². The summed E-state index contributed by atoms with van der Waals surface area (Å²) in [5, 5.41) is 12.7. The van der Waals surface area contributed by atoms with E-state index in [2.05, 4.69) is 10.3 Å². The lowest BCUT2D eigenvalue weighted by atomic mass is 10.2. The smallest absolute Gasteiger partial charge is 0.257 e. The lowest BCUT2D eigenvalue weighted by Gasteiger charge is -2.09. The summed E-state index contributed by atoms with van der Waals surface area (Å²) in [5.41, 5.74) is 1.40. The summed E-state index contributed by atoms with van der Waals surface area (Å²) >= 11 is 11.6. The molecule has 2 N–H and O–H groups in total. The second-order valence-corrected chi connectivity index (χ2v) is 4.83. The number of nitrogens with zero attached hydrogens (tertiary/aromatic N) is 1. The maximum absolute atomic E-state index is 12.0. The van der Waals surface area contributed by atoms with Gasteiger partial charge in [0.15, 0.2) is 5.75 Å². The van der Waals surface area contributed by atoms with Gasteiger partial charge in [-0.05, 0) is 30.7 Å². The Balaban J connectivity index is 2.29. The fourth-order valence-corrected chi connectivity index (χ4v) is 2.03. The number of aromatic hydroxyl groups is 1. The second kappa shape index (κ2) is 5.47. The summed E-state index contributed by atoms with van der Waals surface area (Å²) in [6.07, 6.45) is 3.08. The zero-order valence-electron chi connectivity index (χ0n) is 9.95. The number of nitrogens with one attached hydrogen (secondary N) is 1. The van der Waals surface area contributed by atoms with Crippen molar-refractivity contribution in [3.05, 3.63) is 51.8 Å². The van der Waals surface area contributed by atoms with Crippen LogP contribution >= 0.6 is 23.2 Å². The highest BCUT2D eigenvalue weighted by Gasteiger charge is 2.12. The molecule has 0 aliphatic rings. The highest BCUT2D eigenvalue weighted by Crippen LogP contribution is 2.35. The minimum atomic E-state index is -0.398. The molecule has 4 nitrogen and oxygen atoms in total. The zero-order valence-corrected chi connectivity index (χ0v) is 11.5. The molecule has 1 heterocycles. The number of pyridine rings is 1. The van der Waals surface area contributed by atoms with E-state index in [0.717, 1.165) is 5.56 Å². The molecule has 6 heteroatoms. The molecule has 0 aliphatic heterocycles. The molecule has 0 aliphatic carbocycles. The van der Waals surface area contributed by atoms with E-state index >= 15 is 0 Å². The maximum Gasteiger partial charge on any atom is 0.257 e. The Labute approximate surface area is 120 Å². The van der Waals surface area contributed by atoms with E-state index < -0.39 is 5.91 Å². The number of aryl methyl sites for hydroxylation is 1. The molecule has 1 amide bonds. The molecular formula is C13H10Cl2N2O2. The molecule has 98 valence electrons. The summed E-state index contributed by atoms with van der Waals surface area (Å²) in [5.74, 6) is -0.620. The Kier molecular flexibility index (Phi) is 3.93. The van der Waals surface area contributed by atoms with E-state index in [4.69, 9.17) is 23.2 Å². The van der Waals surface area contributed by atoms with E-state index in [9.17, 15) is 9.90 Å². The van der Waals surface area contributed by atoms with Crippen LogP contribution in [0.4, 0.5) is 5.69 Å². The third-order valence-electron chi connectivity index (χ3n) is 2.41. The van der Waals surface area contributed by atoms with Gasteiger partial charge in [-0.15, -0.1) is 0 Å². The first-order valence-electron chi connectivity index (χ1n) is 5.38. The fourth-order valence-electron chi connectivity index (χ4n) is 1.53. The SMILES string of the molecule is Cc1cncc(C(=O)Nc2cc(Cl)cc(Cl)c2O)c1. The average molecular weight is 297 g/mol. The van der Waals surface area contributed by atoms with Crippen molar-refractivity contribution in [2.45, 2.75) is 6.92 Å². The van der Waals surface area contributed by atoms with E-state index in [1.54, 1.807) is 12.3 Å². The molecule has 0 bridgehead atoms. The summed E-state index contributed by atoms with van der Waals surface area (Å²) < 4.78 is 0. The van der Waals surface area contributed by atoms with Crippen molar-refractivity contribution in [3.63, 3.8) is 0 Å². The molecule has 2 rings (SSSR count). The van der Waals surface area contributed by atoms with Gasteiger partial charge < -0.3 is 10.4 Å².